The van der Waals surface area contributed by atoms with E-state index in [1.54, 1.807) is 24.0 Å². The third kappa shape index (κ3) is 4.27. The predicted molar refractivity (Wildman–Crippen MR) is 120 cm³/mol. The van der Waals surface area contributed by atoms with E-state index in [4.69, 9.17) is 4.42 Å². The van der Waals surface area contributed by atoms with E-state index >= 15 is 0 Å². The van der Waals surface area contributed by atoms with Crippen LogP contribution in [0, 0.1) is 10.1 Å². The van der Waals surface area contributed by atoms with Crippen molar-refractivity contribution < 1.29 is 18.9 Å². The standard InChI is InChI=1S/C23H24N4O5/c1-15(22-14-17-5-3-4-6-21(17)32-22)24-23(29)18-7-8-19(20(13-18)27(30)31)26-11-9-25(10-12-26)16(2)28/h3-8,13-15H,9-12H2,1-2H3,(H,24,29). The molecule has 1 aliphatic rings. The largest absolute Gasteiger partial charge is 0.459 e. The molecule has 166 valence electrons. The van der Waals surface area contributed by atoms with Crippen molar-refractivity contribution in [2.75, 3.05) is 31.1 Å². The average molecular weight is 436 g/mol. The molecule has 1 saturated heterocycles. The number of furan rings is 1. The summed E-state index contributed by atoms with van der Waals surface area (Å²) in [4.78, 5) is 39.1. The molecule has 2 amide bonds. The van der Waals surface area contributed by atoms with Crippen molar-refractivity contribution in [3.05, 3.63) is 70.0 Å². The fourth-order valence-corrected chi connectivity index (χ4v) is 3.91. The van der Waals surface area contributed by atoms with E-state index < -0.39 is 16.9 Å². The van der Waals surface area contributed by atoms with Crippen molar-refractivity contribution in [3.63, 3.8) is 0 Å². The molecule has 1 fully saturated rings. The van der Waals surface area contributed by atoms with E-state index in [1.165, 1.54) is 13.0 Å². The van der Waals surface area contributed by atoms with Crippen LogP contribution in [0.25, 0.3) is 11.0 Å². The Balaban J connectivity index is 1.51. The molecule has 1 N–H and O–H groups in total. The number of para-hydroxylation sites is 1. The Kier molecular flexibility index (Phi) is 5.81. The number of benzene rings is 2. The summed E-state index contributed by atoms with van der Waals surface area (Å²) in [7, 11) is 0. The minimum atomic E-state index is -0.480. The Labute approximate surface area is 184 Å². The summed E-state index contributed by atoms with van der Waals surface area (Å²) >= 11 is 0. The third-order valence-electron chi connectivity index (χ3n) is 5.72. The molecule has 1 unspecified atom stereocenters. The van der Waals surface area contributed by atoms with Gasteiger partial charge in [0.15, 0.2) is 0 Å². The van der Waals surface area contributed by atoms with Gasteiger partial charge in [-0.3, -0.25) is 19.7 Å². The molecule has 0 bridgehead atoms. The minimum Gasteiger partial charge on any atom is -0.459 e. The quantitative estimate of drug-likeness (QED) is 0.484. The number of fused-ring (bicyclic) bond motifs is 1. The van der Waals surface area contributed by atoms with Crippen molar-refractivity contribution in [1.82, 2.24) is 10.2 Å². The number of carbonyl (C=O) groups excluding carboxylic acids is 2. The van der Waals surface area contributed by atoms with Crippen LogP contribution in [0.15, 0.2) is 52.9 Å². The monoisotopic (exact) mass is 436 g/mol. The number of carbonyl (C=O) groups is 2. The van der Waals surface area contributed by atoms with Gasteiger partial charge in [-0.15, -0.1) is 0 Å². The summed E-state index contributed by atoms with van der Waals surface area (Å²) < 4.78 is 5.79. The van der Waals surface area contributed by atoms with Crippen molar-refractivity contribution in [2.45, 2.75) is 19.9 Å². The zero-order valence-electron chi connectivity index (χ0n) is 17.9. The Bertz CT molecular complexity index is 1150. The number of nitrogens with one attached hydrogen (secondary N) is 1. The number of hydrogen-bond donors (Lipinski definition) is 1. The first kappa shape index (κ1) is 21.4. The smallest absolute Gasteiger partial charge is 0.293 e. The zero-order chi connectivity index (χ0) is 22.8. The molecule has 0 spiro atoms. The maximum atomic E-state index is 12.8. The summed E-state index contributed by atoms with van der Waals surface area (Å²) in [5, 5.41) is 15.5. The second kappa shape index (κ2) is 8.70. The molecule has 9 nitrogen and oxygen atoms in total. The van der Waals surface area contributed by atoms with E-state index in [0.717, 1.165) is 11.0 Å². The fourth-order valence-electron chi connectivity index (χ4n) is 3.91. The first-order valence-corrected chi connectivity index (χ1v) is 10.4. The van der Waals surface area contributed by atoms with Crippen molar-refractivity contribution in [2.24, 2.45) is 0 Å². The van der Waals surface area contributed by atoms with Gasteiger partial charge in [0.05, 0.1) is 11.0 Å². The Morgan fingerprint density at radius 2 is 1.81 bits per heavy atom. The maximum Gasteiger partial charge on any atom is 0.293 e. The summed E-state index contributed by atoms with van der Waals surface area (Å²) in [6.07, 6.45) is 0. The highest BCUT2D eigenvalue weighted by atomic mass is 16.6. The van der Waals surface area contributed by atoms with Gasteiger partial charge in [-0.2, -0.15) is 0 Å². The Morgan fingerprint density at radius 3 is 2.47 bits per heavy atom. The average Bonchev–Trinajstić information content (AvgIpc) is 3.23. The van der Waals surface area contributed by atoms with Crippen LogP contribution in [0.2, 0.25) is 0 Å². The molecular formula is C23H24N4O5. The summed E-state index contributed by atoms with van der Waals surface area (Å²) in [6, 6.07) is 13.5. The molecule has 0 aliphatic carbocycles. The molecule has 3 aromatic rings. The van der Waals surface area contributed by atoms with Gasteiger partial charge >= 0.3 is 0 Å². The highest BCUT2D eigenvalue weighted by Crippen LogP contribution is 2.31. The van der Waals surface area contributed by atoms with Gasteiger partial charge in [0.25, 0.3) is 11.6 Å². The summed E-state index contributed by atoms with van der Waals surface area (Å²) in [5.74, 6) is 0.174. The number of piperazine rings is 1. The summed E-state index contributed by atoms with van der Waals surface area (Å²) in [6.45, 7) is 5.31. The van der Waals surface area contributed by atoms with Crippen molar-refractivity contribution in [1.29, 1.82) is 0 Å². The van der Waals surface area contributed by atoms with E-state index in [9.17, 15) is 19.7 Å². The van der Waals surface area contributed by atoms with Crippen molar-refractivity contribution >= 4 is 34.2 Å². The fraction of sp³-hybridized carbons (Fsp3) is 0.304. The van der Waals surface area contributed by atoms with Crippen LogP contribution < -0.4 is 10.2 Å². The molecule has 1 aliphatic heterocycles. The van der Waals surface area contributed by atoms with E-state index in [0.29, 0.717) is 37.6 Å². The molecule has 2 heterocycles. The van der Waals surface area contributed by atoms with Crippen LogP contribution in [0.1, 0.15) is 36.0 Å². The Hall–Kier alpha value is -3.88. The first-order chi connectivity index (χ1) is 15.3. The number of anilines is 1. The van der Waals surface area contributed by atoms with Gasteiger partial charge in [-0.25, -0.2) is 0 Å². The third-order valence-corrected chi connectivity index (χ3v) is 5.72. The van der Waals surface area contributed by atoms with Gasteiger partial charge in [0, 0.05) is 50.1 Å². The number of hydrogen-bond acceptors (Lipinski definition) is 6. The number of nitro benzene ring substituents is 1. The lowest BCUT2D eigenvalue weighted by Gasteiger charge is -2.35. The van der Waals surface area contributed by atoms with E-state index in [-0.39, 0.29) is 17.2 Å². The minimum absolute atomic E-state index is 0.00950. The van der Waals surface area contributed by atoms with Gasteiger partial charge in [0.1, 0.15) is 17.0 Å². The number of nitrogens with zero attached hydrogens (tertiary/aromatic N) is 3. The molecule has 32 heavy (non-hydrogen) atoms. The first-order valence-electron chi connectivity index (χ1n) is 10.4. The lowest BCUT2D eigenvalue weighted by Crippen LogP contribution is -2.48. The molecule has 1 aromatic heterocycles. The number of rotatable bonds is 5. The second-order valence-corrected chi connectivity index (χ2v) is 7.84. The molecule has 4 rings (SSSR count). The lowest BCUT2D eigenvalue weighted by atomic mass is 10.1. The maximum absolute atomic E-state index is 12.8. The summed E-state index contributed by atoms with van der Waals surface area (Å²) in [5.41, 5.74) is 1.24. The molecular weight excluding hydrogens is 412 g/mol. The second-order valence-electron chi connectivity index (χ2n) is 7.84. The van der Waals surface area contributed by atoms with Crippen LogP contribution in [0.3, 0.4) is 0 Å². The Morgan fingerprint density at radius 1 is 1.09 bits per heavy atom. The van der Waals surface area contributed by atoms with Crippen LogP contribution in [0.4, 0.5) is 11.4 Å². The molecule has 9 heteroatoms. The van der Waals surface area contributed by atoms with Crippen LogP contribution in [0.5, 0.6) is 0 Å². The SMILES string of the molecule is CC(=O)N1CCN(c2ccc(C(=O)NC(C)c3cc4ccccc4o3)cc2[N+](=O)[O-])CC1. The predicted octanol–water partition coefficient (Wildman–Crippen LogP) is 3.50. The molecule has 0 radical (unpaired) electrons. The van der Waals surface area contributed by atoms with Gasteiger partial charge in [0.2, 0.25) is 5.91 Å². The normalized spacial score (nSPS) is 14.9. The lowest BCUT2D eigenvalue weighted by molar-refractivity contribution is -0.384. The highest BCUT2D eigenvalue weighted by Gasteiger charge is 2.26. The number of amides is 2. The van der Waals surface area contributed by atoms with Crippen LogP contribution in [-0.2, 0) is 4.79 Å². The van der Waals surface area contributed by atoms with Crippen molar-refractivity contribution in [3.8, 4) is 0 Å². The highest BCUT2D eigenvalue weighted by molar-refractivity contribution is 5.96. The van der Waals surface area contributed by atoms with E-state index in [1.807, 2.05) is 35.2 Å². The number of nitro groups is 1. The molecule has 0 saturated carbocycles. The molecule has 2 aromatic carbocycles. The van der Waals surface area contributed by atoms with Gasteiger partial charge in [-0.05, 0) is 31.2 Å². The zero-order valence-corrected chi connectivity index (χ0v) is 17.9. The van der Waals surface area contributed by atoms with E-state index in [2.05, 4.69) is 5.32 Å². The van der Waals surface area contributed by atoms with Crippen LogP contribution in [-0.4, -0.2) is 47.8 Å². The van der Waals surface area contributed by atoms with Gasteiger partial charge in [-0.1, -0.05) is 18.2 Å². The van der Waals surface area contributed by atoms with Crippen LogP contribution >= 0.6 is 0 Å². The van der Waals surface area contributed by atoms with Gasteiger partial charge < -0.3 is 19.5 Å². The molecule has 1 atom stereocenters. The topological polar surface area (TPSA) is 109 Å².